The van der Waals surface area contributed by atoms with E-state index < -0.39 is 36.2 Å². The van der Waals surface area contributed by atoms with Crippen molar-refractivity contribution in [2.24, 2.45) is 0 Å². The van der Waals surface area contributed by atoms with E-state index in [1.54, 1.807) is 0 Å². The minimum atomic E-state index is -1.36. The zero-order valence-corrected chi connectivity index (χ0v) is 11.0. The summed E-state index contributed by atoms with van der Waals surface area (Å²) in [5, 5.41) is 27.5. The van der Waals surface area contributed by atoms with Gasteiger partial charge < -0.3 is 20.2 Å². The topological polar surface area (TPSA) is 101 Å². The molecule has 0 aliphatic carbocycles. The van der Waals surface area contributed by atoms with Crippen molar-refractivity contribution in [3.63, 3.8) is 0 Å². The minimum absolute atomic E-state index is 0.236. The number of β-amino-alcohol motifs (C(OH)–C–C–N with tert-alkyl or cyclic N) is 1. The second kappa shape index (κ2) is 5.40. The SMILES string of the molecule is CC1(C)C(=O)N(CC(O)C(O)CO)CC(=O)N1Cl. The lowest BCUT2D eigenvalue weighted by Crippen LogP contribution is -2.63. The first kappa shape index (κ1) is 15.2. The fraction of sp³-hybridized carbons (Fsp3) is 0.800. The summed E-state index contributed by atoms with van der Waals surface area (Å²) in [5.41, 5.74) is -1.21. The van der Waals surface area contributed by atoms with E-state index in [2.05, 4.69) is 0 Å². The van der Waals surface area contributed by atoms with Gasteiger partial charge in [-0.25, -0.2) is 4.42 Å². The van der Waals surface area contributed by atoms with Gasteiger partial charge in [-0.3, -0.25) is 9.59 Å². The minimum Gasteiger partial charge on any atom is -0.394 e. The molecular formula is C10H17ClN2O5. The number of aliphatic hydroxyl groups is 3. The summed E-state index contributed by atoms with van der Waals surface area (Å²) >= 11 is 5.73. The van der Waals surface area contributed by atoms with Crippen LogP contribution in [0.15, 0.2) is 0 Å². The maximum absolute atomic E-state index is 12.0. The molecule has 0 saturated carbocycles. The average Bonchev–Trinajstić information content (AvgIpc) is 2.32. The van der Waals surface area contributed by atoms with Gasteiger partial charge in [0.25, 0.3) is 5.91 Å². The molecule has 1 fully saturated rings. The Labute approximate surface area is 110 Å². The first-order valence-electron chi connectivity index (χ1n) is 5.47. The molecule has 2 amide bonds. The van der Waals surface area contributed by atoms with Gasteiger partial charge >= 0.3 is 0 Å². The quantitative estimate of drug-likeness (QED) is 0.533. The van der Waals surface area contributed by atoms with E-state index in [0.29, 0.717) is 0 Å². The zero-order valence-electron chi connectivity index (χ0n) is 10.2. The fourth-order valence-corrected chi connectivity index (χ4v) is 1.82. The number of carbonyl (C=O) groups is 2. The first-order chi connectivity index (χ1) is 8.21. The molecule has 1 rings (SSSR count). The van der Waals surface area contributed by atoms with Crippen LogP contribution in [-0.4, -0.2) is 73.9 Å². The molecule has 3 N–H and O–H groups in total. The van der Waals surface area contributed by atoms with Crippen molar-refractivity contribution in [2.45, 2.75) is 31.6 Å². The van der Waals surface area contributed by atoms with Crippen LogP contribution >= 0.6 is 11.8 Å². The second-order valence-corrected chi connectivity index (χ2v) is 5.07. The highest BCUT2D eigenvalue weighted by Gasteiger charge is 2.46. The highest BCUT2D eigenvalue weighted by Crippen LogP contribution is 2.25. The number of nitrogens with zero attached hydrogens (tertiary/aromatic N) is 2. The molecule has 0 radical (unpaired) electrons. The van der Waals surface area contributed by atoms with Crippen LogP contribution in [0.4, 0.5) is 0 Å². The molecule has 2 atom stereocenters. The van der Waals surface area contributed by atoms with E-state index in [1.165, 1.54) is 13.8 Å². The maximum atomic E-state index is 12.0. The Balaban J connectivity index is 2.79. The molecule has 2 unspecified atom stereocenters. The lowest BCUT2D eigenvalue weighted by Gasteiger charge is -2.42. The second-order valence-electron chi connectivity index (χ2n) is 4.74. The standard InChI is InChI=1S/C10H17ClN2O5/c1-10(2)9(18)12(4-8(17)13(10)11)3-6(15)7(16)5-14/h6-7,14-16H,3-5H2,1-2H3. The number of aliphatic hydroxyl groups excluding tert-OH is 3. The molecule has 104 valence electrons. The van der Waals surface area contributed by atoms with Crippen LogP contribution in [0.5, 0.6) is 0 Å². The monoisotopic (exact) mass is 280 g/mol. The van der Waals surface area contributed by atoms with E-state index in [4.69, 9.17) is 16.9 Å². The Bertz CT molecular complexity index is 349. The summed E-state index contributed by atoms with van der Waals surface area (Å²) in [5.74, 6) is -0.895. The summed E-state index contributed by atoms with van der Waals surface area (Å²) in [7, 11) is 0. The zero-order chi connectivity index (χ0) is 14.1. The normalized spacial score (nSPS) is 23.2. The molecular weight excluding hydrogens is 264 g/mol. The van der Waals surface area contributed by atoms with Gasteiger partial charge in [0.1, 0.15) is 18.2 Å². The Morgan fingerprint density at radius 1 is 1.33 bits per heavy atom. The van der Waals surface area contributed by atoms with Crippen molar-refractivity contribution in [1.29, 1.82) is 0 Å². The summed E-state index contributed by atoms with van der Waals surface area (Å²) < 4.78 is 0.834. The van der Waals surface area contributed by atoms with Gasteiger partial charge in [-0.05, 0) is 13.8 Å². The largest absolute Gasteiger partial charge is 0.394 e. The predicted octanol–water partition coefficient (Wildman–Crippen LogP) is -1.70. The Morgan fingerprint density at radius 2 is 1.89 bits per heavy atom. The third-order valence-corrected chi connectivity index (χ3v) is 3.50. The van der Waals surface area contributed by atoms with Crippen molar-refractivity contribution in [2.75, 3.05) is 19.7 Å². The number of halogens is 1. The smallest absolute Gasteiger partial charge is 0.257 e. The van der Waals surface area contributed by atoms with Crippen molar-refractivity contribution in [3.05, 3.63) is 0 Å². The van der Waals surface area contributed by atoms with Crippen LogP contribution in [0, 0.1) is 0 Å². The molecule has 1 aliphatic heterocycles. The van der Waals surface area contributed by atoms with E-state index >= 15 is 0 Å². The van der Waals surface area contributed by atoms with Gasteiger partial charge in [-0.1, -0.05) is 0 Å². The van der Waals surface area contributed by atoms with Gasteiger partial charge in [0, 0.05) is 18.3 Å². The summed E-state index contributed by atoms with van der Waals surface area (Å²) in [6.07, 6.45) is -2.67. The van der Waals surface area contributed by atoms with Crippen LogP contribution < -0.4 is 0 Å². The molecule has 1 aliphatic rings. The average molecular weight is 281 g/mol. The molecule has 0 bridgehead atoms. The lowest BCUT2D eigenvalue weighted by atomic mass is 9.99. The van der Waals surface area contributed by atoms with E-state index in [9.17, 15) is 19.8 Å². The van der Waals surface area contributed by atoms with E-state index in [-0.39, 0.29) is 13.1 Å². The van der Waals surface area contributed by atoms with Gasteiger partial charge in [0.15, 0.2) is 0 Å². The highest BCUT2D eigenvalue weighted by molar-refractivity contribution is 6.25. The van der Waals surface area contributed by atoms with Crippen LogP contribution in [0.3, 0.4) is 0 Å². The third kappa shape index (κ3) is 2.74. The van der Waals surface area contributed by atoms with Crippen LogP contribution in [-0.2, 0) is 9.59 Å². The number of rotatable bonds is 4. The van der Waals surface area contributed by atoms with Crippen molar-refractivity contribution in [3.8, 4) is 0 Å². The Morgan fingerprint density at radius 3 is 2.39 bits per heavy atom. The predicted molar refractivity (Wildman–Crippen MR) is 62.5 cm³/mol. The summed E-state index contributed by atoms with van der Waals surface area (Å²) in [4.78, 5) is 24.8. The van der Waals surface area contributed by atoms with Crippen LogP contribution in [0.2, 0.25) is 0 Å². The number of piperazine rings is 1. The fourth-order valence-electron chi connectivity index (χ4n) is 1.70. The molecule has 8 heteroatoms. The molecule has 1 heterocycles. The molecule has 18 heavy (non-hydrogen) atoms. The highest BCUT2D eigenvalue weighted by atomic mass is 35.5. The third-order valence-electron chi connectivity index (χ3n) is 2.89. The van der Waals surface area contributed by atoms with Crippen LogP contribution in [0.1, 0.15) is 13.8 Å². The molecule has 0 spiro atoms. The maximum Gasteiger partial charge on any atom is 0.257 e. The number of amides is 2. The molecule has 0 aromatic carbocycles. The van der Waals surface area contributed by atoms with Gasteiger partial charge in [-0.2, -0.15) is 0 Å². The first-order valence-corrected chi connectivity index (χ1v) is 5.80. The summed E-state index contributed by atoms with van der Waals surface area (Å²) in [6, 6.07) is 0. The molecule has 1 saturated heterocycles. The van der Waals surface area contributed by atoms with E-state index in [0.717, 1.165) is 9.32 Å². The van der Waals surface area contributed by atoms with Gasteiger partial charge in [-0.15, -0.1) is 0 Å². The van der Waals surface area contributed by atoms with Crippen molar-refractivity contribution >= 4 is 23.6 Å². The Hall–Kier alpha value is -0.890. The van der Waals surface area contributed by atoms with Gasteiger partial charge in [0.2, 0.25) is 5.91 Å². The molecule has 0 aromatic rings. The number of carbonyl (C=O) groups excluding carboxylic acids is 2. The Kier molecular flexibility index (Phi) is 4.55. The van der Waals surface area contributed by atoms with Crippen LogP contribution in [0.25, 0.3) is 0 Å². The molecule has 0 aromatic heterocycles. The summed E-state index contributed by atoms with van der Waals surface area (Å²) in [6.45, 7) is 1.85. The molecule has 7 nitrogen and oxygen atoms in total. The van der Waals surface area contributed by atoms with Crippen molar-refractivity contribution in [1.82, 2.24) is 9.32 Å². The van der Waals surface area contributed by atoms with E-state index in [1.807, 2.05) is 0 Å². The van der Waals surface area contributed by atoms with Gasteiger partial charge in [0.05, 0.1) is 12.7 Å². The lowest BCUT2D eigenvalue weighted by molar-refractivity contribution is -0.158. The number of hydrogen-bond donors (Lipinski definition) is 3. The number of hydrogen-bond acceptors (Lipinski definition) is 5. The van der Waals surface area contributed by atoms with Crippen molar-refractivity contribution < 1.29 is 24.9 Å².